The Morgan fingerprint density at radius 2 is 1.41 bits per heavy atom. The molecular weight excluding hydrogens is 586 g/mol. The highest BCUT2D eigenvalue weighted by Gasteiger charge is 2.35. The fourth-order valence-corrected chi connectivity index (χ4v) is 5.76. The van der Waals surface area contributed by atoms with E-state index < -0.39 is 42.2 Å². The molecule has 2 aromatic carbocycles. The van der Waals surface area contributed by atoms with E-state index in [1.54, 1.807) is 0 Å². The van der Waals surface area contributed by atoms with Crippen LogP contribution in [0.25, 0.3) is 0 Å². The molecule has 0 spiro atoms. The minimum absolute atomic E-state index is 0.01000. The average molecular weight is 638 g/mol. The molecule has 5 N–H and O–H groups in total. The summed E-state index contributed by atoms with van der Waals surface area (Å²) >= 11 is 0. The summed E-state index contributed by atoms with van der Waals surface area (Å²) in [4.78, 5) is 54.2. The molecule has 11 nitrogen and oxygen atoms in total. The molecular formula is C35H51N5O6. The molecule has 1 heterocycles. The number of nitrogens with zero attached hydrogens (tertiary/aromatic N) is 1. The molecule has 1 unspecified atom stereocenters. The maximum atomic E-state index is 14.0. The van der Waals surface area contributed by atoms with Gasteiger partial charge in [0, 0.05) is 32.1 Å². The maximum absolute atomic E-state index is 14.0. The van der Waals surface area contributed by atoms with Crippen molar-refractivity contribution in [2.75, 3.05) is 27.2 Å². The molecule has 0 saturated carbocycles. The average Bonchev–Trinajstić information content (AvgIpc) is 3.06. The van der Waals surface area contributed by atoms with Crippen molar-refractivity contribution < 1.29 is 29.0 Å². The molecule has 1 fully saturated rings. The van der Waals surface area contributed by atoms with Gasteiger partial charge in [-0.15, -0.1) is 0 Å². The van der Waals surface area contributed by atoms with E-state index in [1.165, 1.54) is 14.0 Å². The number of hydrogen-bond donors (Lipinski definition) is 5. The SMILES string of the molecule is CNC(=O)C(C)OC(=O)N[C@H](Cc1ccccc1)[C@@H](O)C[C@H](Cc1ccccc1)C(=O)N[C@H](C(=O)N1CCC(NC)CC1)C(C)C. The van der Waals surface area contributed by atoms with E-state index >= 15 is 0 Å². The summed E-state index contributed by atoms with van der Waals surface area (Å²) in [5, 5.41) is 23.1. The second-order valence-corrected chi connectivity index (χ2v) is 12.4. The molecule has 3 rings (SSSR count). The first-order valence-corrected chi connectivity index (χ1v) is 16.2. The largest absolute Gasteiger partial charge is 0.436 e. The molecule has 2 aromatic rings. The van der Waals surface area contributed by atoms with Crippen molar-refractivity contribution in [2.45, 2.75) is 83.2 Å². The fourth-order valence-electron chi connectivity index (χ4n) is 5.76. The van der Waals surface area contributed by atoms with Crippen LogP contribution < -0.4 is 21.3 Å². The zero-order valence-electron chi connectivity index (χ0n) is 27.7. The van der Waals surface area contributed by atoms with Gasteiger partial charge in [-0.25, -0.2) is 4.79 Å². The number of carbonyl (C=O) groups is 4. The minimum Gasteiger partial charge on any atom is -0.436 e. The number of amides is 4. The van der Waals surface area contributed by atoms with E-state index in [-0.39, 0.29) is 30.6 Å². The zero-order valence-corrected chi connectivity index (χ0v) is 27.7. The van der Waals surface area contributed by atoms with E-state index in [9.17, 15) is 24.3 Å². The van der Waals surface area contributed by atoms with Gasteiger partial charge in [0.15, 0.2) is 6.10 Å². The quantitative estimate of drug-likeness (QED) is 0.201. The molecule has 1 saturated heterocycles. The van der Waals surface area contributed by atoms with Gasteiger partial charge in [0.2, 0.25) is 11.8 Å². The summed E-state index contributed by atoms with van der Waals surface area (Å²) < 4.78 is 5.25. The molecule has 5 atom stereocenters. The van der Waals surface area contributed by atoms with Crippen LogP contribution in [0.3, 0.4) is 0 Å². The first-order chi connectivity index (χ1) is 22.0. The Balaban J connectivity index is 1.81. The van der Waals surface area contributed by atoms with Crippen LogP contribution in [0, 0.1) is 11.8 Å². The summed E-state index contributed by atoms with van der Waals surface area (Å²) in [5.74, 6) is -1.76. The number of hydrogen-bond acceptors (Lipinski definition) is 7. The molecule has 1 aliphatic rings. The number of likely N-dealkylation sites (tertiary alicyclic amines) is 1. The number of aliphatic hydroxyl groups excluding tert-OH is 1. The topological polar surface area (TPSA) is 149 Å². The van der Waals surface area contributed by atoms with Crippen molar-refractivity contribution in [3.8, 4) is 0 Å². The van der Waals surface area contributed by atoms with E-state index in [4.69, 9.17) is 4.74 Å². The number of alkyl carbamates (subject to hydrolysis) is 1. The molecule has 0 radical (unpaired) electrons. The number of piperidine rings is 1. The van der Waals surface area contributed by atoms with Crippen molar-refractivity contribution in [1.82, 2.24) is 26.2 Å². The fraction of sp³-hybridized carbons (Fsp3) is 0.543. The summed E-state index contributed by atoms with van der Waals surface area (Å²) in [7, 11) is 3.37. The smallest absolute Gasteiger partial charge is 0.408 e. The Morgan fingerprint density at radius 3 is 1.93 bits per heavy atom. The monoisotopic (exact) mass is 637 g/mol. The zero-order chi connectivity index (χ0) is 33.6. The van der Waals surface area contributed by atoms with Crippen LogP contribution >= 0.6 is 0 Å². The lowest BCUT2D eigenvalue weighted by Crippen LogP contribution is -2.55. The molecule has 11 heteroatoms. The van der Waals surface area contributed by atoms with E-state index in [0.717, 1.165) is 24.0 Å². The highest BCUT2D eigenvalue weighted by molar-refractivity contribution is 5.89. The van der Waals surface area contributed by atoms with Gasteiger partial charge in [-0.1, -0.05) is 74.5 Å². The second-order valence-electron chi connectivity index (χ2n) is 12.4. The van der Waals surface area contributed by atoms with Gasteiger partial charge >= 0.3 is 6.09 Å². The predicted molar refractivity (Wildman–Crippen MR) is 177 cm³/mol. The van der Waals surface area contributed by atoms with Gasteiger partial charge in [-0.3, -0.25) is 14.4 Å². The van der Waals surface area contributed by atoms with Crippen molar-refractivity contribution >= 4 is 23.8 Å². The Kier molecular flexibility index (Phi) is 14.5. The third kappa shape index (κ3) is 11.1. The number of nitrogens with one attached hydrogen (secondary N) is 4. The normalized spacial score (nSPS) is 16.9. The Labute approximate surface area is 272 Å². The molecule has 0 aliphatic carbocycles. The van der Waals surface area contributed by atoms with Crippen LogP contribution in [0.15, 0.2) is 60.7 Å². The lowest BCUT2D eigenvalue weighted by Gasteiger charge is -2.36. The van der Waals surface area contributed by atoms with Gasteiger partial charge in [0.1, 0.15) is 6.04 Å². The number of likely N-dealkylation sites (N-methyl/N-ethyl adjacent to an activating group) is 1. The first kappa shape index (κ1) is 36.5. The highest BCUT2D eigenvalue weighted by atomic mass is 16.6. The molecule has 0 bridgehead atoms. The third-order valence-electron chi connectivity index (χ3n) is 8.63. The highest BCUT2D eigenvalue weighted by Crippen LogP contribution is 2.21. The van der Waals surface area contributed by atoms with Gasteiger partial charge in [-0.2, -0.15) is 0 Å². The number of ether oxygens (including phenoxy) is 1. The van der Waals surface area contributed by atoms with Crippen LogP contribution in [0.2, 0.25) is 0 Å². The molecule has 46 heavy (non-hydrogen) atoms. The van der Waals surface area contributed by atoms with Crippen molar-refractivity contribution in [3.05, 3.63) is 71.8 Å². The van der Waals surface area contributed by atoms with Gasteiger partial charge in [-0.05, 0) is 63.1 Å². The number of carbonyl (C=O) groups excluding carboxylic acids is 4. The van der Waals surface area contributed by atoms with Gasteiger partial charge in [0.25, 0.3) is 5.91 Å². The summed E-state index contributed by atoms with van der Waals surface area (Å²) in [5.41, 5.74) is 1.77. The van der Waals surface area contributed by atoms with E-state index in [2.05, 4.69) is 21.3 Å². The maximum Gasteiger partial charge on any atom is 0.408 e. The number of benzene rings is 2. The predicted octanol–water partition coefficient (Wildman–Crippen LogP) is 2.42. The van der Waals surface area contributed by atoms with Crippen molar-refractivity contribution in [1.29, 1.82) is 0 Å². The lowest BCUT2D eigenvalue weighted by atomic mass is 9.88. The Morgan fingerprint density at radius 1 is 0.848 bits per heavy atom. The number of aliphatic hydroxyl groups is 1. The standard InChI is InChI=1S/C35H51N5O6/c1-23(2)31(34(44)40-18-16-28(36-4)17-19-40)39-33(43)27(20-25-12-8-6-9-13-25)22-30(41)29(21-26-14-10-7-11-15-26)38-35(45)46-24(3)32(42)37-5/h6-15,23-24,27-31,36,41H,16-22H2,1-5H3,(H,37,42)(H,38,45)(H,39,43)/t24?,27-,29+,30-,31-/m0/s1. The third-order valence-corrected chi connectivity index (χ3v) is 8.63. The first-order valence-electron chi connectivity index (χ1n) is 16.2. The molecule has 4 amide bonds. The van der Waals surface area contributed by atoms with Crippen LogP contribution in [0.4, 0.5) is 4.79 Å². The Bertz CT molecular complexity index is 1250. The Hall–Kier alpha value is -3.96. The van der Waals surface area contributed by atoms with Crippen LogP contribution in [0.1, 0.15) is 51.2 Å². The molecule has 1 aliphatic heterocycles. The lowest BCUT2D eigenvalue weighted by molar-refractivity contribution is -0.139. The number of rotatable bonds is 15. The van der Waals surface area contributed by atoms with E-state index in [1.807, 2.05) is 86.5 Å². The van der Waals surface area contributed by atoms with Crippen LogP contribution in [-0.4, -0.2) is 91.3 Å². The summed E-state index contributed by atoms with van der Waals surface area (Å²) in [6.45, 7) is 6.52. The van der Waals surface area contributed by atoms with Crippen molar-refractivity contribution in [3.63, 3.8) is 0 Å². The minimum atomic E-state index is -1.16. The summed E-state index contributed by atoms with van der Waals surface area (Å²) in [6, 6.07) is 17.7. The van der Waals surface area contributed by atoms with Gasteiger partial charge in [0.05, 0.1) is 12.1 Å². The van der Waals surface area contributed by atoms with E-state index in [0.29, 0.717) is 25.6 Å². The molecule has 0 aromatic heterocycles. The van der Waals surface area contributed by atoms with Crippen molar-refractivity contribution in [2.24, 2.45) is 11.8 Å². The van der Waals surface area contributed by atoms with Gasteiger partial charge < -0.3 is 36.0 Å². The summed E-state index contributed by atoms with van der Waals surface area (Å²) in [6.07, 6.45) is -0.744. The molecule has 252 valence electrons. The second kappa shape index (κ2) is 18.3. The van der Waals surface area contributed by atoms with Crippen LogP contribution in [0.5, 0.6) is 0 Å². The van der Waals surface area contributed by atoms with Crippen LogP contribution in [-0.2, 0) is 32.0 Å².